The van der Waals surface area contributed by atoms with Crippen molar-refractivity contribution in [1.29, 1.82) is 0 Å². The fourth-order valence-electron chi connectivity index (χ4n) is 0.611. The Balaban J connectivity index is 2.45. The lowest BCUT2D eigenvalue weighted by molar-refractivity contribution is -0.134. The van der Waals surface area contributed by atoms with Gasteiger partial charge in [0.2, 0.25) is 0 Å². The number of carboxylic acids is 1. The van der Waals surface area contributed by atoms with Gasteiger partial charge in [-0.3, -0.25) is 4.79 Å². The molecule has 0 fully saturated rings. The molecule has 0 aliphatic rings. The minimum Gasteiger partial charge on any atom is -0.480 e. The van der Waals surface area contributed by atoms with Gasteiger partial charge in [-0.15, -0.1) is 11.3 Å². The van der Waals surface area contributed by atoms with Crippen LogP contribution in [0.1, 0.15) is 5.01 Å². The Kier molecular flexibility index (Phi) is 2.43. The van der Waals surface area contributed by atoms with Crippen molar-refractivity contribution >= 4 is 23.1 Å². The van der Waals surface area contributed by atoms with Gasteiger partial charge in [0.15, 0.2) is 0 Å². The van der Waals surface area contributed by atoms with Crippen molar-refractivity contribution in [3.05, 3.63) is 10.4 Å². The zero-order chi connectivity index (χ0) is 8.27. The number of carbonyl (C=O) groups is 1. The van der Waals surface area contributed by atoms with Crippen LogP contribution < -0.4 is 5.32 Å². The topological polar surface area (TPSA) is 62.2 Å². The van der Waals surface area contributed by atoms with Crippen molar-refractivity contribution in [2.45, 2.75) is 6.92 Å². The second kappa shape index (κ2) is 3.34. The lowest BCUT2D eigenvalue weighted by Gasteiger charge is -1.95. The van der Waals surface area contributed by atoms with Crippen molar-refractivity contribution < 1.29 is 9.90 Å². The standard InChI is InChI=1S/C6H8N2O2S/c1-4-8-5(3-11-4)7-2-6(9)10/h3,7H,2H2,1H3,(H,9,10). The number of nitrogens with zero attached hydrogens (tertiary/aromatic N) is 1. The van der Waals surface area contributed by atoms with E-state index in [1.807, 2.05) is 6.92 Å². The van der Waals surface area contributed by atoms with Crippen LogP contribution in [0.25, 0.3) is 0 Å². The van der Waals surface area contributed by atoms with Gasteiger partial charge in [0.05, 0.1) is 5.01 Å². The number of rotatable bonds is 3. The fraction of sp³-hybridized carbons (Fsp3) is 0.333. The van der Waals surface area contributed by atoms with Crippen LogP contribution in [0.4, 0.5) is 5.82 Å². The molecule has 0 saturated heterocycles. The number of nitrogens with one attached hydrogen (secondary N) is 1. The zero-order valence-corrected chi connectivity index (χ0v) is 6.81. The maximum Gasteiger partial charge on any atom is 0.322 e. The Labute approximate surface area is 67.9 Å². The number of carboxylic acid groups (broad SMARTS) is 1. The third-order valence-corrected chi connectivity index (χ3v) is 1.81. The molecule has 1 heterocycles. The summed E-state index contributed by atoms with van der Waals surface area (Å²) in [7, 11) is 0. The molecule has 1 aromatic heterocycles. The first-order valence-corrected chi connectivity index (χ1v) is 3.94. The number of hydrogen-bond donors (Lipinski definition) is 2. The Hall–Kier alpha value is -1.10. The van der Waals surface area contributed by atoms with Crippen molar-refractivity contribution in [2.75, 3.05) is 11.9 Å². The predicted molar refractivity (Wildman–Crippen MR) is 43.0 cm³/mol. The number of aryl methyl sites for hydroxylation is 1. The van der Waals surface area contributed by atoms with E-state index >= 15 is 0 Å². The Bertz CT molecular complexity index is 259. The molecule has 0 unspecified atom stereocenters. The first-order chi connectivity index (χ1) is 5.18. The highest BCUT2D eigenvalue weighted by Crippen LogP contribution is 2.11. The summed E-state index contributed by atoms with van der Waals surface area (Å²) in [6.07, 6.45) is 0. The van der Waals surface area contributed by atoms with Gasteiger partial charge in [-0.2, -0.15) is 0 Å². The van der Waals surface area contributed by atoms with E-state index in [0.717, 1.165) is 5.01 Å². The summed E-state index contributed by atoms with van der Waals surface area (Å²) >= 11 is 1.49. The summed E-state index contributed by atoms with van der Waals surface area (Å²) in [6.45, 7) is 1.79. The summed E-state index contributed by atoms with van der Waals surface area (Å²) in [5.74, 6) is -0.245. The van der Waals surface area contributed by atoms with Crippen molar-refractivity contribution in [3.63, 3.8) is 0 Å². The van der Waals surface area contributed by atoms with Crippen LogP contribution in [0, 0.1) is 6.92 Å². The second-order valence-corrected chi connectivity index (χ2v) is 3.06. The fourth-order valence-corrected chi connectivity index (χ4v) is 1.18. The lowest BCUT2D eigenvalue weighted by atomic mass is 10.6. The third kappa shape index (κ3) is 2.55. The van der Waals surface area contributed by atoms with Gasteiger partial charge >= 0.3 is 5.97 Å². The van der Waals surface area contributed by atoms with Crippen LogP contribution in [-0.2, 0) is 4.79 Å². The number of thiazole rings is 1. The average Bonchev–Trinajstić information content (AvgIpc) is 2.31. The first-order valence-electron chi connectivity index (χ1n) is 3.06. The van der Waals surface area contributed by atoms with Gasteiger partial charge in [0, 0.05) is 5.38 Å². The molecule has 60 valence electrons. The maximum atomic E-state index is 10.1. The summed E-state index contributed by atoms with van der Waals surface area (Å²) < 4.78 is 0. The molecular formula is C6H8N2O2S. The van der Waals surface area contributed by atoms with Gasteiger partial charge in [-0.1, -0.05) is 0 Å². The van der Waals surface area contributed by atoms with Gasteiger partial charge in [0.25, 0.3) is 0 Å². The van der Waals surface area contributed by atoms with E-state index in [0.29, 0.717) is 5.82 Å². The largest absolute Gasteiger partial charge is 0.480 e. The molecule has 5 heteroatoms. The molecular weight excluding hydrogens is 164 g/mol. The molecule has 0 atom stereocenters. The summed E-state index contributed by atoms with van der Waals surface area (Å²) in [6, 6.07) is 0. The van der Waals surface area contributed by atoms with Crippen molar-refractivity contribution in [2.24, 2.45) is 0 Å². The van der Waals surface area contributed by atoms with E-state index in [1.54, 1.807) is 5.38 Å². The van der Waals surface area contributed by atoms with E-state index < -0.39 is 5.97 Å². The highest BCUT2D eigenvalue weighted by molar-refractivity contribution is 7.09. The Morgan fingerprint density at radius 2 is 2.64 bits per heavy atom. The van der Waals surface area contributed by atoms with Gasteiger partial charge < -0.3 is 10.4 Å². The summed E-state index contributed by atoms with van der Waals surface area (Å²) in [4.78, 5) is 14.1. The van der Waals surface area contributed by atoms with Crippen LogP contribution >= 0.6 is 11.3 Å². The summed E-state index contributed by atoms with van der Waals surface area (Å²) in [5, 5.41) is 13.7. The molecule has 0 aliphatic carbocycles. The number of hydrogen-bond acceptors (Lipinski definition) is 4. The van der Waals surface area contributed by atoms with Crippen LogP contribution in [0.3, 0.4) is 0 Å². The smallest absolute Gasteiger partial charge is 0.322 e. The van der Waals surface area contributed by atoms with E-state index in [4.69, 9.17) is 5.11 Å². The first kappa shape index (κ1) is 8.00. The van der Waals surface area contributed by atoms with Crippen LogP contribution in [0.15, 0.2) is 5.38 Å². The molecule has 0 aromatic carbocycles. The molecule has 0 bridgehead atoms. The van der Waals surface area contributed by atoms with Gasteiger partial charge in [0.1, 0.15) is 12.4 Å². The van der Waals surface area contributed by atoms with E-state index in [2.05, 4.69) is 10.3 Å². The quantitative estimate of drug-likeness (QED) is 0.712. The van der Waals surface area contributed by atoms with Gasteiger partial charge in [-0.25, -0.2) is 4.98 Å². The molecule has 4 nitrogen and oxygen atoms in total. The third-order valence-electron chi connectivity index (χ3n) is 1.04. The zero-order valence-electron chi connectivity index (χ0n) is 6.00. The average molecular weight is 172 g/mol. The van der Waals surface area contributed by atoms with Crippen LogP contribution in [0.2, 0.25) is 0 Å². The highest BCUT2D eigenvalue weighted by atomic mass is 32.1. The summed E-state index contributed by atoms with van der Waals surface area (Å²) in [5.41, 5.74) is 0. The minimum atomic E-state index is -0.879. The molecule has 0 amide bonds. The minimum absolute atomic E-state index is 0.0802. The van der Waals surface area contributed by atoms with Crippen LogP contribution in [-0.4, -0.2) is 22.6 Å². The van der Waals surface area contributed by atoms with E-state index in [1.165, 1.54) is 11.3 Å². The maximum absolute atomic E-state index is 10.1. The number of aromatic nitrogens is 1. The predicted octanol–water partition coefficient (Wildman–Crippen LogP) is 0.948. The number of aliphatic carboxylic acids is 1. The molecule has 0 radical (unpaired) electrons. The molecule has 0 aliphatic heterocycles. The monoisotopic (exact) mass is 172 g/mol. The van der Waals surface area contributed by atoms with Crippen LogP contribution in [0.5, 0.6) is 0 Å². The van der Waals surface area contributed by atoms with Crippen molar-refractivity contribution in [1.82, 2.24) is 4.98 Å². The van der Waals surface area contributed by atoms with E-state index in [9.17, 15) is 4.79 Å². The Morgan fingerprint density at radius 3 is 3.09 bits per heavy atom. The Morgan fingerprint density at radius 1 is 1.91 bits per heavy atom. The van der Waals surface area contributed by atoms with E-state index in [-0.39, 0.29) is 6.54 Å². The lowest BCUT2D eigenvalue weighted by Crippen LogP contribution is -2.12. The SMILES string of the molecule is Cc1nc(NCC(=O)O)cs1. The molecule has 2 N–H and O–H groups in total. The number of anilines is 1. The highest BCUT2D eigenvalue weighted by Gasteiger charge is 1.98. The molecule has 0 saturated carbocycles. The second-order valence-electron chi connectivity index (χ2n) is 2.00. The molecule has 0 spiro atoms. The van der Waals surface area contributed by atoms with Crippen molar-refractivity contribution in [3.8, 4) is 0 Å². The van der Waals surface area contributed by atoms with Gasteiger partial charge in [-0.05, 0) is 6.92 Å². The molecule has 1 rings (SSSR count). The molecule has 1 aromatic rings. The normalized spacial score (nSPS) is 9.55. The molecule has 11 heavy (non-hydrogen) atoms.